The van der Waals surface area contributed by atoms with Gasteiger partial charge in [-0.25, -0.2) is 4.79 Å². The molecule has 3 fully saturated rings. The Bertz CT molecular complexity index is 792. The Labute approximate surface area is 153 Å². The Morgan fingerprint density at radius 3 is 2.62 bits per heavy atom. The van der Waals surface area contributed by atoms with E-state index < -0.39 is 22.3 Å². The van der Waals surface area contributed by atoms with Gasteiger partial charge in [0, 0.05) is 0 Å². The monoisotopic (exact) mass is 381 g/mol. The lowest BCUT2D eigenvalue weighted by Gasteiger charge is -2.46. The first-order valence-electron chi connectivity index (χ1n) is 9.01. The van der Waals surface area contributed by atoms with Gasteiger partial charge < -0.3 is 9.47 Å². The molecule has 142 valence electrons. The molecule has 1 aromatic rings. The van der Waals surface area contributed by atoms with E-state index in [0.29, 0.717) is 12.8 Å². The topological polar surface area (TPSA) is 82.1 Å². The van der Waals surface area contributed by atoms with Crippen molar-refractivity contribution in [1.29, 1.82) is 0 Å². The molecule has 0 N–H and O–H groups in total. The molecular weight excluding hydrogens is 358 g/mol. The number of piperidine rings is 2. The minimum absolute atomic E-state index is 0.0558. The third-order valence-corrected chi connectivity index (χ3v) is 6.81. The Hall–Kier alpha value is -1.64. The summed E-state index contributed by atoms with van der Waals surface area (Å²) in [5, 5.41) is 0. The van der Waals surface area contributed by atoms with Gasteiger partial charge in [-0.05, 0) is 45.2 Å². The molecule has 8 heteroatoms. The number of amides is 1. The van der Waals surface area contributed by atoms with Crippen molar-refractivity contribution in [3.05, 3.63) is 29.8 Å². The number of rotatable bonds is 4. The van der Waals surface area contributed by atoms with Gasteiger partial charge in [0.2, 0.25) is 0 Å². The standard InChI is InChI=1S/C18H23NO6S/c1-3-23-18(20)19-13-8-9-15-14(19)10-16(24-15)17(13)25-26(21,22)12-6-4-11(2)5-7-12/h4-7,13-17H,3,8-10H2,1-2H3/t13-,14+,15+,16-,17?/m0/s1. The van der Waals surface area contributed by atoms with Crippen molar-refractivity contribution in [3.63, 3.8) is 0 Å². The zero-order valence-electron chi connectivity index (χ0n) is 14.8. The molecule has 0 spiro atoms. The van der Waals surface area contributed by atoms with Gasteiger partial charge in [0.1, 0.15) is 6.10 Å². The van der Waals surface area contributed by atoms with Crippen LogP contribution in [0.5, 0.6) is 0 Å². The van der Waals surface area contributed by atoms with Gasteiger partial charge >= 0.3 is 6.09 Å². The smallest absolute Gasteiger partial charge is 0.410 e. The summed E-state index contributed by atoms with van der Waals surface area (Å²) >= 11 is 0. The maximum atomic E-state index is 12.8. The molecule has 3 saturated heterocycles. The summed E-state index contributed by atoms with van der Waals surface area (Å²) in [6.45, 7) is 3.92. The van der Waals surface area contributed by atoms with Gasteiger partial charge in [-0.2, -0.15) is 8.42 Å². The van der Waals surface area contributed by atoms with Crippen molar-refractivity contribution in [1.82, 2.24) is 4.90 Å². The highest BCUT2D eigenvalue weighted by atomic mass is 32.2. The lowest BCUT2D eigenvalue weighted by Crippen LogP contribution is -2.62. The zero-order valence-corrected chi connectivity index (χ0v) is 15.6. The summed E-state index contributed by atoms with van der Waals surface area (Å²) in [5.74, 6) is 0. The van der Waals surface area contributed by atoms with Crippen LogP contribution in [0.15, 0.2) is 29.2 Å². The Morgan fingerprint density at radius 2 is 1.92 bits per heavy atom. The van der Waals surface area contributed by atoms with Crippen molar-refractivity contribution in [3.8, 4) is 0 Å². The van der Waals surface area contributed by atoms with E-state index >= 15 is 0 Å². The summed E-state index contributed by atoms with van der Waals surface area (Å²) in [4.78, 5) is 14.2. The van der Waals surface area contributed by atoms with E-state index in [1.807, 2.05) is 6.92 Å². The van der Waals surface area contributed by atoms with Crippen LogP contribution in [-0.4, -0.2) is 56.4 Å². The van der Waals surface area contributed by atoms with Crippen LogP contribution in [0.25, 0.3) is 0 Å². The average Bonchev–Trinajstić information content (AvgIpc) is 2.91. The van der Waals surface area contributed by atoms with E-state index in [4.69, 9.17) is 13.7 Å². The summed E-state index contributed by atoms with van der Waals surface area (Å²) in [7, 11) is -3.95. The number of nitrogens with zero attached hydrogens (tertiary/aromatic N) is 1. The van der Waals surface area contributed by atoms with E-state index in [1.165, 1.54) is 12.1 Å². The molecule has 5 atom stereocenters. The van der Waals surface area contributed by atoms with E-state index in [9.17, 15) is 13.2 Å². The number of carbonyl (C=O) groups is 1. The third kappa shape index (κ3) is 2.90. The molecular formula is C18H23NO6S. The minimum Gasteiger partial charge on any atom is -0.450 e. The first kappa shape index (κ1) is 17.8. The van der Waals surface area contributed by atoms with Gasteiger partial charge in [0.25, 0.3) is 10.1 Å². The molecule has 0 aromatic heterocycles. The minimum atomic E-state index is -3.95. The highest BCUT2D eigenvalue weighted by Crippen LogP contribution is 2.45. The Balaban J connectivity index is 1.61. The summed E-state index contributed by atoms with van der Waals surface area (Å²) in [6, 6.07) is 6.13. The molecule has 26 heavy (non-hydrogen) atoms. The highest BCUT2D eigenvalue weighted by molar-refractivity contribution is 7.86. The van der Waals surface area contributed by atoms with E-state index in [2.05, 4.69) is 0 Å². The van der Waals surface area contributed by atoms with Gasteiger partial charge in [-0.1, -0.05) is 17.7 Å². The van der Waals surface area contributed by atoms with Crippen molar-refractivity contribution in [2.24, 2.45) is 0 Å². The van der Waals surface area contributed by atoms with E-state index in [1.54, 1.807) is 24.0 Å². The van der Waals surface area contributed by atoms with Gasteiger partial charge in [0.15, 0.2) is 0 Å². The fourth-order valence-electron chi connectivity index (χ4n) is 4.32. The Kier molecular flexibility index (Phi) is 4.45. The molecule has 3 bridgehead atoms. The van der Waals surface area contributed by atoms with Crippen LogP contribution in [0.1, 0.15) is 31.7 Å². The molecule has 4 rings (SSSR count). The maximum Gasteiger partial charge on any atom is 0.410 e. The second-order valence-corrected chi connectivity index (χ2v) is 8.67. The molecule has 0 aliphatic carbocycles. The molecule has 1 aromatic carbocycles. The van der Waals surface area contributed by atoms with Crippen LogP contribution in [0.2, 0.25) is 0 Å². The number of benzene rings is 1. The van der Waals surface area contributed by atoms with Crippen LogP contribution in [-0.2, 0) is 23.8 Å². The van der Waals surface area contributed by atoms with Crippen molar-refractivity contribution in [2.45, 2.75) is 68.4 Å². The van der Waals surface area contributed by atoms with Gasteiger partial charge in [-0.3, -0.25) is 9.08 Å². The van der Waals surface area contributed by atoms with Crippen LogP contribution in [0, 0.1) is 6.92 Å². The fraction of sp³-hybridized carbons (Fsp3) is 0.611. The highest BCUT2D eigenvalue weighted by Gasteiger charge is 2.58. The van der Waals surface area contributed by atoms with Gasteiger partial charge in [-0.15, -0.1) is 0 Å². The summed E-state index contributed by atoms with van der Waals surface area (Å²) in [6.07, 6.45) is 0.497. The largest absolute Gasteiger partial charge is 0.450 e. The third-order valence-electron chi connectivity index (χ3n) is 5.49. The molecule has 0 saturated carbocycles. The number of aryl methyl sites for hydroxylation is 1. The van der Waals surface area contributed by atoms with Crippen LogP contribution >= 0.6 is 0 Å². The molecule has 3 heterocycles. The van der Waals surface area contributed by atoms with Crippen molar-refractivity contribution in [2.75, 3.05) is 6.61 Å². The quantitative estimate of drug-likeness (QED) is 0.744. The molecule has 1 amide bonds. The van der Waals surface area contributed by atoms with Crippen molar-refractivity contribution < 1.29 is 26.9 Å². The molecule has 7 nitrogen and oxygen atoms in total. The van der Waals surface area contributed by atoms with Gasteiger partial charge in [0.05, 0.1) is 35.8 Å². The predicted octanol–water partition coefficient (Wildman–Crippen LogP) is 2.23. The SMILES string of the molecule is CCOC(=O)N1[C@@H]2C[C@@H]3O[C@@H]2CC[C@H]1C3OS(=O)(=O)c1ccc(C)cc1. The fourth-order valence-corrected chi connectivity index (χ4v) is 5.44. The number of fused-ring (bicyclic) bond motifs is 2. The average molecular weight is 381 g/mol. The normalized spacial score (nSPS) is 32.7. The lowest BCUT2D eigenvalue weighted by molar-refractivity contribution is -0.0277. The number of ether oxygens (including phenoxy) is 2. The van der Waals surface area contributed by atoms with Crippen LogP contribution in [0.3, 0.4) is 0 Å². The maximum absolute atomic E-state index is 12.8. The number of hydrogen-bond acceptors (Lipinski definition) is 6. The summed E-state index contributed by atoms with van der Waals surface area (Å²) < 4.78 is 42.3. The first-order chi connectivity index (χ1) is 12.4. The molecule has 0 radical (unpaired) electrons. The van der Waals surface area contributed by atoms with Crippen LogP contribution < -0.4 is 0 Å². The summed E-state index contributed by atoms with van der Waals surface area (Å²) in [5.41, 5.74) is 0.968. The molecule has 3 aliphatic heterocycles. The molecule has 3 aliphatic rings. The van der Waals surface area contributed by atoms with E-state index in [0.717, 1.165) is 12.0 Å². The first-order valence-corrected chi connectivity index (χ1v) is 10.4. The second kappa shape index (κ2) is 6.51. The lowest BCUT2D eigenvalue weighted by atomic mass is 9.83. The van der Waals surface area contributed by atoms with Crippen LogP contribution in [0.4, 0.5) is 4.79 Å². The number of hydrogen-bond donors (Lipinski definition) is 0. The molecule has 1 unspecified atom stereocenters. The second-order valence-electron chi connectivity index (χ2n) is 7.09. The van der Waals surface area contributed by atoms with Crippen molar-refractivity contribution >= 4 is 16.2 Å². The zero-order chi connectivity index (χ0) is 18.5. The predicted molar refractivity (Wildman–Crippen MR) is 92.2 cm³/mol. The van der Waals surface area contributed by atoms with E-state index in [-0.39, 0.29) is 35.8 Å². The Morgan fingerprint density at radius 1 is 1.19 bits per heavy atom. The number of carbonyl (C=O) groups excluding carboxylic acids is 1.